The highest BCUT2D eigenvalue weighted by atomic mass is 32.2. The number of nitrogens with zero attached hydrogens (tertiary/aromatic N) is 2. The van der Waals surface area contributed by atoms with E-state index in [-0.39, 0.29) is 22.2 Å². The van der Waals surface area contributed by atoms with E-state index in [0.29, 0.717) is 5.75 Å². The maximum atomic E-state index is 12.8. The van der Waals surface area contributed by atoms with Crippen molar-refractivity contribution in [3.63, 3.8) is 0 Å². The Morgan fingerprint density at radius 3 is 2.39 bits per heavy atom. The maximum absolute atomic E-state index is 12.8. The third-order valence-electron chi connectivity index (χ3n) is 3.80. The fourth-order valence-corrected chi connectivity index (χ4v) is 3.00. The molecule has 2 aromatic carbocycles. The predicted octanol–water partition coefficient (Wildman–Crippen LogP) is 4.30. The van der Waals surface area contributed by atoms with E-state index in [1.807, 2.05) is 0 Å². The summed E-state index contributed by atoms with van der Waals surface area (Å²) >= 11 is 0. The Labute approximate surface area is 158 Å². The fraction of sp³-hybridized carbons (Fsp3) is 0.222. The molecule has 148 valence electrons. The summed E-state index contributed by atoms with van der Waals surface area (Å²) < 4.78 is 72.2. The van der Waals surface area contributed by atoms with Crippen LogP contribution in [-0.4, -0.2) is 24.8 Å². The number of ether oxygens (including phenoxy) is 1. The van der Waals surface area contributed by atoms with Crippen molar-refractivity contribution >= 4 is 9.84 Å². The first-order chi connectivity index (χ1) is 13.0. The van der Waals surface area contributed by atoms with Gasteiger partial charge in [0, 0.05) is 11.8 Å². The van der Waals surface area contributed by atoms with Crippen LogP contribution in [0.15, 0.2) is 57.9 Å². The first-order valence-corrected chi connectivity index (χ1v) is 9.91. The molecule has 0 saturated heterocycles. The lowest BCUT2D eigenvalue weighted by Crippen LogP contribution is -2.05. The van der Waals surface area contributed by atoms with E-state index in [1.54, 1.807) is 6.92 Å². The Morgan fingerprint density at radius 1 is 1.11 bits per heavy atom. The minimum Gasteiger partial charge on any atom is -0.481 e. The molecule has 3 rings (SSSR count). The summed E-state index contributed by atoms with van der Waals surface area (Å²) in [5.74, 6) is 0.447. The first kappa shape index (κ1) is 19.9. The average Bonchev–Trinajstić information content (AvgIpc) is 3.11. The number of hydrogen-bond donors (Lipinski definition) is 0. The van der Waals surface area contributed by atoms with Crippen LogP contribution in [0.25, 0.3) is 11.4 Å². The van der Waals surface area contributed by atoms with E-state index < -0.39 is 27.7 Å². The van der Waals surface area contributed by atoms with Gasteiger partial charge in [-0.05, 0) is 43.3 Å². The van der Waals surface area contributed by atoms with Crippen molar-refractivity contribution in [3.8, 4) is 17.1 Å². The molecule has 0 radical (unpaired) electrons. The van der Waals surface area contributed by atoms with Crippen LogP contribution in [-0.2, 0) is 16.0 Å². The number of aromatic nitrogens is 2. The monoisotopic (exact) mass is 412 g/mol. The summed E-state index contributed by atoms with van der Waals surface area (Å²) in [4.78, 5) is 4.24. The van der Waals surface area contributed by atoms with E-state index in [2.05, 4.69) is 10.1 Å². The van der Waals surface area contributed by atoms with Gasteiger partial charge in [-0.2, -0.15) is 18.2 Å². The van der Waals surface area contributed by atoms with Gasteiger partial charge in [0.25, 0.3) is 5.89 Å². The van der Waals surface area contributed by atoms with Crippen molar-refractivity contribution < 1.29 is 30.8 Å². The second-order valence-corrected chi connectivity index (χ2v) is 8.05. The van der Waals surface area contributed by atoms with E-state index in [9.17, 15) is 21.6 Å². The summed E-state index contributed by atoms with van der Waals surface area (Å²) in [6, 6.07) is 10.4. The molecule has 0 saturated carbocycles. The molecule has 28 heavy (non-hydrogen) atoms. The molecule has 6 nitrogen and oxygen atoms in total. The van der Waals surface area contributed by atoms with Gasteiger partial charge >= 0.3 is 6.18 Å². The van der Waals surface area contributed by atoms with Gasteiger partial charge < -0.3 is 9.26 Å². The summed E-state index contributed by atoms with van der Waals surface area (Å²) in [6.07, 6.45) is -4.08. The molecule has 0 bridgehead atoms. The second-order valence-electron chi connectivity index (χ2n) is 6.04. The van der Waals surface area contributed by atoms with Gasteiger partial charge in [0.1, 0.15) is 5.75 Å². The number of benzene rings is 2. The Kier molecular flexibility index (Phi) is 5.16. The van der Waals surface area contributed by atoms with Crippen molar-refractivity contribution in [3.05, 3.63) is 60.0 Å². The molecule has 10 heteroatoms. The fourth-order valence-electron chi connectivity index (χ4n) is 2.37. The number of rotatable bonds is 5. The Hall–Kier alpha value is -2.88. The molecule has 3 aromatic rings. The number of alkyl halides is 3. The van der Waals surface area contributed by atoms with Crippen molar-refractivity contribution in [1.29, 1.82) is 0 Å². The molecule has 0 amide bonds. The van der Waals surface area contributed by atoms with Crippen molar-refractivity contribution in [2.45, 2.75) is 24.1 Å². The van der Waals surface area contributed by atoms with Gasteiger partial charge in [0.2, 0.25) is 5.82 Å². The quantitative estimate of drug-likeness (QED) is 0.622. The topological polar surface area (TPSA) is 82.3 Å². The average molecular weight is 412 g/mol. The second kappa shape index (κ2) is 7.27. The van der Waals surface area contributed by atoms with Gasteiger partial charge in [-0.25, -0.2) is 8.42 Å². The van der Waals surface area contributed by atoms with Gasteiger partial charge in [-0.1, -0.05) is 17.3 Å². The number of sulfone groups is 1. The van der Waals surface area contributed by atoms with Crippen LogP contribution in [0, 0.1) is 0 Å². The number of halogens is 3. The lowest BCUT2D eigenvalue weighted by molar-refractivity contribution is -0.137. The SMILES string of the molecule is CC(Oc1ccc(S(C)(=O)=O)cc1)c1nc(-c2cccc(C(F)(F)F)c2)no1. The normalized spacial score (nSPS) is 13.3. The third-order valence-corrected chi connectivity index (χ3v) is 4.93. The van der Waals surface area contributed by atoms with E-state index in [4.69, 9.17) is 9.26 Å². The minimum absolute atomic E-state index is 0.00368. The standard InChI is InChI=1S/C18H15F3N2O4S/c1-11(26-14-6-8-15(9-7-14)28(2,24)25)17-22-16(23-27-17)12-4-3-5-13(10-12)18(19,20)21/h3-11H,1-2H3. The molecule has 0 aliphatic heterocycles. The zero-order valence-electron chi connectivity index (χ0n) is 14.8. The summed E-state index contributed by atoms with van der Waals surface area (Å²) in [5.41, 5.74) is -0.652. The lowest BCUT2D eigenvalue weighted by atomic mass is 10.1. The van der Waals surface area contributed by atoms with Crippen LogP contribution in [0.5, 0.6) is 5.75 Å². The van der Waals surface area contributed by atoms with Crippen molar-refractivity contribution in [1.82, 2.24) is 10.1 Å². The van der Waals surface area contributed by atoms with Crippen LogP contribution in [0.2, 0.25) is 0 Å². The van der Waals surface area contributed by atoms with Crippen LogP contribution in [0.1, 0.15) is 24.5 Å². The van der Waals surface area contributed by atoms with Crippen LogP contribution in [0.4, 0.5) is 13.2 Å². The largest absolute Gasteiger partial charge is 0.481 e. The molecule has 1 aromatic heterocycles. The van der Waals surface area contributed by atoms with E-state index in [1.165, 1.54) is 36.4 Å². The van der Waals surface area contributed by atoms with Crippen LogP contribution < -0.4 is 4.74 Å². The molecule has 0 fully saturated rings. The molecule has 0 N–H and O–H groups in total. The maximum Gasteiger partial charge on any atom is 0.416 e. The van der Waals surface area contributed by atoms with Gasteiger partial charge in [0.05, 0.1) is 10.5 Å². The molecule has 0 aliphatic carbocycles. The highest BCUT2D eigenvalue weighted by Gasteiger charge is 2.31. The highest BCUT2D eigenvalue weighted by molar-refractivity contribution is 7.90. The molecular formula is C18H15F3N2O4S. The van der Waals surface area contributed by atoms with Gasteiger partial charge in [0.15, 0.2) is 15.9 Å². The Balaban J connectivity index is 1.77. The summed E-state index contributed by atoms with van der Waals surface area (Å²) in [7, 11) is -3.32. The summed E-state index contributed by atoms with van der Waals surface area (Å²) in [5, 5.41) is 3.71. The Bertz CT molecular complexity index is 1080. The zero-order chi connectivity index (χ0) is 20.5. The van der Waals surface area contributed by atoms with Gasteiger partial charge in [-0.3, -0.25) is 0 Å². The first-order valence-electron chi connectivity index (χ1n) is 8.02. The predicted molar refractivity (Wildman–Crippen MR) is 93.3 cm³/mol. The van der Waals surface area contributed by atoms with E-state index >= 15 is 0 Å². The smallest absolute Gasteiger partial charge is 0.416 e. The summed E-state index contributed by atoms with van der Waals surface area (Å²) in [6.45, 7) is 1.62. The molecule has 0 spiro atoms. The minimum atomic E-state index is -4.48. The highest BCUT2D eigenvalue weighted by Crippen LogP contribution is 2.32. The molecule has 1 unspecified atom stereocenters. The molecular weight excluding hydrogens is 397 g/mol. The Morgan fingerprint density at radius 2 is 1.79 bits per heavy atom. The van der Waals surface area contributed by atoms with Crippen molar-refractivity contribution in [2.75, 3.05) is 6.26 Å². The third kappa shape index (κ3) is 4.50. The van der Waals surface area contributed by atoms with Crippen molar-refractivity contribution in [2.24, 2.45) is 0 Å². The molecule has 1 atom stereocenters. The zero-order valence-corrected chi connectivity index (χ0v) is 15.6. The van der Waals surface area contributed by atoms with Crippen LogP contribution in [0.3, 0.4) is 0 Å². The number of hydrogen-bond acceptors (Lipinski definition) is 6. The van der Waals surface area contributed by atoms with E-state index in [0.717, 1.165) is 18.4 Å². The van der Waals surface area contributed by atoms with Gasteiger partial charge in [-0.15, -0.1) is 0 Å². The van der Waals surface area contributed by atoms with Crippen LogP contribution >= 0.6 is 0 Å². The lowest BCUT2D eigenvalue weighted by Gasteiger charge is -2.11. The molecule has 1 heterocycles. The molecule has 0 aliphatic rings.